The monoisotopic (exact) mass is 331 g/mol. The van der Waals surface area contributed by atoms with Gasteiger partial charge in [0.1, 0.15) is 0 Å². The Morgan fingerprint density at radius 2 is 1.57 bits per heavy atom. The summed E-state index contributed by atoms with van der Waals surface area (Å²) in [5.41, 5.74) is 0. The largest absolute Gasteiger partial charge is 0.255 e. The second-order valence-corrected chi connectivity index (χ2v) is 15.9. The molecule has 1 heterocycles. The molecule has 0 aromatic heterocycles. The molecule has 1 rings (SSSR count). The molecule has 0 fully saturated rings. The van der Waals surface area contributed by atoms with Crippen LogP contribution in [0.5, 0.6) is 0 Å². The molecule has 1 unspecified atom stereocenters. The van der Waals surface area contributed by atoms with Crippen molar-refractivity contribution >= 4 is 64.0 Å². The molecule has 0 radical (unpaired) electrons. The third-order valence-electron chi connectivity index (χ3n) is 1.29. The zero-order chi connectivity index (χ0) is 11.0. The summed E-state index contributed by atoms with van der Waals surface area (Å²) in [5, 5.41) is 0. The summed E-state index contributed by atoms with van der Waals surface area (Å²) in [6.07, 6.45) is 2.32. The van der Waals surface area contributed by atoms with E-state index in [1.165, 1.54) is 0 Å². The van der Waals surface area contributed by atoms with Crippen LogP contribution >= 0.6 is 64.0 Å². The Bertz CT molecular complexity index is 408. The quantitative estimate of drug-likeness (QED) is 0.395. The van der Waals surface area contributed by atoms with Gasteiger partial charge < -0.3 is 0 Å². The lowest BCUT2D eigenvalue weighted by molar-refractivity contribution is 1.61. The van der Waals surface area contributed by atoms with Crippen molar-refractivity contribution in [2.45, 2.75) is 0 Å². The fourth-order valence-electron chi connectivity index (χ4n) is 0.964. The highest BCUT2D eigenvalue weighted by atomic mass is 35.9. The Morgan fingerprint density at radius 3 is 2.00 bits per heavy atom. The predicted octanol–water partition coefficient (Wildman–Crippen LogP) is 6.78. The SMILES string of the molecule is C=CCP1(C)=NP(Cl)(Cl)=NP(Cl)(Cl)=N1. The van der Waals surface area contributed by atoms with Crippen LogP contribution in [0.3, 0.4) is 0 Å². The average molecular weight is 333 g/mol. The van der Waals surface area contributed by atoms with Gasteiger partial charge in [-0.25, -0.2) is 9.03 Å². The van der Waals surface area contributed by atoms with Crippen LogP contribution in [0.15, 0.2) is 26.2 Å². The first-order valence-electron chi connectivity index (χ1n) is 3.46. The van der Waals surface area contributed by atoms with E-state index in [4.69, 9.17) is 45.0 Å². The number of nitrogens with zero attached hydrogens (tertiary/aromatic N) is 3. The molecule has 10 heteroatoms. The van der Waals surface area contributed by atoms with Crippen molar-refractivity contribution in [3.05, 3.63) is 12.7 Å². The van der Waals surface area contributed by atoms with Gasteiger partial charge >= 0.3 is 0 Å². The van der Waals surface area contributed by atoms with E-state index in [1.807, 2.05) is 6.66 Å². The van der Waals surface area contributed by atoms with Gasteiger partial charge in [-0.05, 0) is 51.6 Å². The van der Waals surface area contributed by atoms with E-state index < -0.39 is 19.0 Å². The molecule has 1 atom stereocenters. The van der Waals surface area contributed by atoms with Gasteiger partial charge in [0.25, 0.3) is 11.8 Å². The maximum atomic E-state index is 5.91. The second kappa shape index (κ2) is 4.46. The van der Waals surface area contributed by atoms with Gasteiger partial charge in [-0.2, -0.15) is 4.52 Å². The van der Waals surface area contributed by atoms with Gasteiger partial charge in [0.05, 0.1) is 7.21 Å². The molecule has 0 aromatic carbocycles. The fraction of sp³-hybridized carbons (Fsp3) is 0.500. The third-order valence-corrected chi connectivity index (χ3v) is 13.6. The van der Waals surface area contributed by atoms with Crippen molar-refractivity contribution in [2.75, 3.05) is 12.8 Å². The van der Waals surface area contributed by atoms with Crippen LogP contribution in [-0.4, -0.2) is 12.8 Å². The zero-order valence-corrected chi connectivity index (χ0v) is 12.9. The van der Waals surface area contributed by atoms with Gasteiger partial charge in [-0.1, -0.05) is 6.08 Å². The lowest BCUT2D eigenvalue weighted by Crippen LogP contribution is -1.81. The van der Waals surface area contributed by atoms with Crippen LogP contribution in [0, 0.1) is 0 Å². The fourth-order valence-corrected chi connectivity index (χ4v) is 18.2. The van der Waals surface area contributed by atoms with Crippen molar-refractivity contribution in [1.29, 1.82) is 0 Å². The van der Waals surface area contributed by atoms with Crippen LogP contribution in [-0.2, 0) is 0 Å². The number of halogens is 4. The molecule has 0 aliphatic carbocycles. The van der Waals surface area contributed by atoms with Gasteiger partial charge in [-0.3, -0.25) is 0 Å². The minimum absolute atomic E-state index is 0.602. The highest BCUT2D eigenvalue weighted by Crippen LogP contribution is 2.84. The van der Waals surface area contributed by atoms with E-state index in [2.05, 4.69) is 20.1 Å². The number of hydrogen-bond acceptors (Lipinski definition) is 3. The highest BCUT2D eigenvalue weighted by molar-refractivity contribution is 8.21. The molecule has 0 spiro atoms. The standard InChI is InChI=1S/C4H8Cl4N3P3/c1-3-4-12(2)9-13(5,6)11-14(7,8)10-12/h3H,1,4H2,2H3. The van der Waals surface area contributed by atoms with E-state index in [0.29, 0.717) is 6.16 Å². The van der Waals surface area contributed by atoms with E-state index >= 15 is 0 Å². The Hall–Kier alpha value is 1.59. The predicted molar refractivity (Wildman–Crippen MR) is 72.4 cm³/mol. The number of allylic oxidation sites excluding steroid dienone is 1. The molecule has 82 valence electrons. The van der Waals surface area contributed by atoms with E-state index in [1.54, 1.807) is 6.08 Å². The molecule has 0 bridgehead atoms. The summed E-state index contributed by atoms with van der Waals surface area (Å²) < 4.78 is 12.3. The molecule has 0 aromatic rings. The first-order valence-corrected chi connectivity index (χ1v) is 12.8. The highest BCUT2D eigenvalue weighted by Gasteiger charge is 2.29. The van der Waals surface area contributed by atoms with Crippen molar-refractivity contribution in [3.8, 4) is 0 Å². The molecule has 0 saturated heterocycles. The molecule has 0 saturated carbocycles. The second-order valence-electron chi connectivity index (χ2n) is 2.74. The van der Waals surface area contributed by atoms with Crippen molar-refractivity contribution in [3.63, 3.8) is 0 Å². The smallest absolute Gasteiger partial charge is 0.213 e. The first kappa shape index (κ1) is 13.7. The van der Waals surface area contributed by atoms with Crippen molar-refractivity contribution in [2.24, 2.45) is 13.5 Å². The molecule has 1 aliphatic rings. The molecular formula is C4H8Cl4N3P3. The maximum absolute atomic E-state index is 5.91. The number of rotatable bonds is 2. The van der Waals surface area contributed by atoms with Crippen molar-refractivity contribution < 1.29 is 0 Å². The van der Waals surface area contributed by atoms with Crippen LogP contribution < -0.4 is 0 Å². The number of hydrogen-bond donors (Lipinski definition) is 0. The summed E-state index contributed by atoms with van der Waals surface area (Å²) >= 11 is 23.6. The van der Waals surface area contributed by atoms with E-state index in [9.17, 15) is 0 Å². The molecule has 14 heavy (non-hydrogen) atoms. The summed E-state index contributed by atoms with van der Waals surface area (Å²) in [4.78, 5) is 0. The van der Waals surface area contributed by atoms with Gasteiger partial charge in [-0.15, -0.1) is 6.58 Å². The summed E-state index contributed by atoms with van der Waals surface area (Å²) in [7, 11) is -2.00. The van der Waals surface area contributed by atoms with E-state index in [0.717, 1.165) is 0 Å². The normalized spacial score (nSPS) is 33.5. The van der Waals surface area contributed by atoms with Gasteiger partial charge in [0.2, 0.25) is 0 Å². The Kier molecular flexibility index (Phi) is 4.35. The van der Waals surface area contributed by atoms with E-state index in [-0.39, 0.29) is 0 Å². The molecule has 0 N–H and O–H groups in total. The van der Waals surface area contributed by atoms with Crippen LogP contribution in [0.1, 0.15) is 0 Å². The molecule has 0 amide bonds. The van der Waals surface area contributed by atoms with Gasteiger partial charge in [0.15, 0.2) is 0 Å². The lowest BCUT2D eigenvalue weighted by atomic mass is 10.8. The van der Waals surface area contributed by atoms with Gasteiger partial charge in [0, 0.05) is 6.16 Å². The maximum Gasteiger partial charge on any atom is 0.255 e. The summed E-state index contributed by atoms with van der Waals surface area (Å²) in [5.74, 6) is -5.44. The Labute approximate surface area is 103 Å². The summed E-state index contributed by atoms with van der Waals surface area (Å²) in [6.45, 7) is 5.49. The third kappa shape index (κ3) is 3.87. The van der Waals surface area contributed by atoms with Crippen LogP contribution in [0.4, 0.5) is 0 Å². The molecule has 1 aliphatic heterocycles. The minimum Gasteiger partial charge on any atom is -0.213 e. The topological polar surface area (TPSA) is 37.1 Å². The minimum atomic E-state index is -2.72. The lowest BCUT2D eigenvalue weighted by Gasteiger charge is -2.22. The average Bonchev–Trinajstić information content (AvgIpc) is 1.75. The molecule has 3 nitrogen and oxygen atoms in total. The zero-order valence-electron chi connectivity index (χ0n) is 7.19. The molecular weight excluding hydrogens is 325 g/mol. The van der Waals surface area contributed by atoms with Crippen LogP contribution in [0.25, 0.3) is 0 Å². The Balaban J connectivity index is 3.40. The van der Waals surface area contributed by atoms with Crippen LogP contribution in [0.2, 0.25) is 0 Å². The first-order chi connectivity index (χ1) is 6.18. The summed E-state index contributed by atoms with van der Waals surface area (Å²) in [6, 6.07) is 0. The Morgan fingerprint density at radius 1 is 1.07 bits per heavy atom. The van der Waals surface area contributed by atoms with Crippen molar-refractivity contribution in [1.82, 2.24) is 0 Å².